The number of aldehydes is 1. The fraction of sp³-hybridized carbons (Fsp3) is 0.176. The molecule has 0 bridgehead atoms. The Kier molecular flexibility index (Phi) is 4.09. The molecule has 0 amide bonds. The molecule has 3 rings (SSSR count). The van der Waals surface area contributed by atoms with Crippen LogP contribution in [0.15, 0.2) is 35.7 Å². The van der Waals surface area contributed by atoms with Gasteiger partial charge in [-0.3, -0.25) is 4.79 Å². The molecule has 0 aliphatic rings. The molecule has 5 heteroatoms. The van der Waals surface area contributed by atoms with Gasteiger partial charge in [-0.1, -0.05) is 18.2 Å². The summed E-state index contributed by atoms with van der Waals surface area (Å²) in [6.07, 6.45) is 0.683. The van der Waals surface area contributed by atoms with Gasteiger partial charge in [0.25, 0.3) is 0 Å². The van der Waals surface area contributed by atoms with Gasteiger partial charge in [0, 0.05) is 31.8 Å². The first-order valence-electron chi connectivity index (χ1n) is 6.85. The molecule has 0 aliphatic heterocycles. The molecular formula is C17H14O3S2. The van der Waals surface area contributed by atoms with Gasteiger partial charge in [0.1, 0.15) is 6.29 Å². The van der Waals surface area contributed by atoms with Gasteiger partial charge in [-0.2, -0.15) is 0 Å². The number of carbonyl (C=O) groups excluding carboxylic acids is 1. The van der Waals surface area contributed by atoms with E-state index in [0.717, 1.165) is 10.4 Å². The summed E-state index contributed by atoms with van der Waals surface area (Å²) < 4.78 is 1.23. The van der Waals surface area contributed by atoms with Gasteiger partial charge in [0.05, 0.1) is 5.92 Å². The van der Waals surface area contributed by atoms with Crippen molar-refractivity contribution in [2.45, 2.75) is 19.3 Å². The second-order valence-corrected chi connectivity index (χ2v) is 7.26. The zero-order chi connectivity index (χ0) is 15.7. The molecular weight excluding hydrogens is 316 g/mol. The zero-order valence-electron chi connectivity index (χ0n) is 11.9. The van der Waals surface area contributed by atoms with Gasteiger partial charge < -0.3 is 9.90 Å². The van der Waals surface area contributed by atoms with Crippen LogP contribution in [0.5, 0.6) is 0 Å². The van der Waals surface area contributed by atoms with Crippen molar-refractivity contribution in [3.63, 3.8) is 0 Å². The average molecular weight is 330 g/mol. The van der Waals surface area contributed by atoms with Crippen molar-refractivity contribution in [3.8, 4) is 11.1 Å². The smallest absolute Gasteiger partial charge is 0.312 e. The second-order valence-electron chi connectivity index (χ2n) is 5.06. The number of hydrogen-bond donors (Lipinski definition) is 1. The van der Waals surface area contributed by atoms with E-state index < -0.39 is 11.9 Å². The molecule has 3 nitrogen and oxygen atoms in total. The van der Waals surface area contributed by atoms with Gasteiger partial charge in [0.2, 0.25) is 0 Å². The lowest BCUT2D eigenvalue weighted by Gasteiger charge is -2.05. The molecule has 0 aliphatic carbocycles. The van der Waals surface area contributed by atoms with Crippen LogP contribution in [-0.2, 0) is 9.59 Å². The Bertz CT molecular complexity index is 845. The highest BCUT2D eigenvalue weighted by molar-refractivity contribution is 7.19. The van der Waals surface area contributed by atoms with Crippen molar-refractivity contribution in [1.29, 1.82) is 0 Å². The number of carboxylic acid groups (broad SMARTS) is 1. The summed E-state index contributed by atoms with van der Waals surface area (Å²) in [5, 5.41) is 12.4. The van der Waals surface area contributed by atoms with Crippen LogP contribution in [-0.4, -0.2) is 17.4 Å². The molecule has 112 valence electrons. The van der Waals surface area contributed by atoms with Crippen LogP contribution >= 0.6 is 22.7 Å². The number of aliphatic carboxylic acids is 1. The number of hydrogen-bond acceptors (Lipinski definition) is 4. The van der Waals surface area contributed by atoms with E-state index in [-0.39, 0.29) is 6.42 Å². The van der Waals surface area contributed by atoms with Crippen molar-refractivity contribution < 1.29 is 14.7 Å². The first-order valence-corrected chi connectivity index (χ1v) is 8.54. The van der Waals surface area contributed by atoms with Crippen LogP contribution in [0.2, 0.25) is 0 Å². The summed E-state index contributed by atoms with van der Waals surface area (Å²) in [5.41, 5.74) is 2.20. The van der Waals surface area contributed by atoms with E-state index in [1.807, 2.05) is 23.6 Å². The number of aryl methyl sites for hydroxylation is 1. The highest BCUT2D eigenvalue weighted by Gasteiger charge is 2.22. The maximum atomic E-state index is 11.3. The Labute approximate surface area is 135 Å². The summed E-state index contributed by atoms with van der Waals surface area (Å²) in [6, 6.07) is 10.1. The Morgan fingerprint density at radius 1 is 1.36 bits per heavy atom. The normalized spacial score (nSPS) is 12.4. The van der Waals surface area contributed by atoms with Crippen LogP contribution in [0.25, 0.3) is 21.2 Å². The summed E-state index contributed by atoms with van der Waals surface area (Å²) in [4.78, 5) is 24.0. The third kappa shape index (κ3) is 2.58. The van der Waals surface area contributed by atoms with Crippen LogP contribution in [0.1, 0.15) is 22.1 Å². The average Bonchev–Trinajstić information content (AvgIpc) is 3.07. The van der Waals surface area contributed by atoms with Crippen LogP contribution in [0.4, 0.5) is 0 Å². The summed E-state index contributed by atoms with van der Waals surface area (Å²) in [7, 11) is 0. The zero-order valence-corrected chi connectivity index (χ0v) is 13.5. The second kappa shape index (κ2) is 6.02. The molecule has 1 atom stereocenters. The van der Waals surface area contributed by atoms with Gasteiger partial charge in [-0.05, 0) is 30.0 Å². The highest BCUT2D eigenvalue weighted by Crippen LogP contribution is 2.41. The third-order valence-corrected chi connectivity index (χ3v) is 5.79. The minimum atomic E-state index is -0.951. The number of rotatable bonds is 5. The van der Waals surface area contributed by atoms with Crippen LogP contribution in [0, 0.1) is 6.92 Å². The van der Waals surface area contributed by atoms with Crippen molar-refractivity contribution in [2.24, 2.45) is 0 Å². The molecule has 3 aromatic rings. The van der Waals surface area contributed by atoms with Gasteiger partial charge in [-0.15, -0.1) is 22.7 Å². The predicted octanol–water partition coefficient (Wildman–Crippen LogP) is 4.70. The number of fused-ring (bicyclic) bond motifs is 1. The summed E-state index contributed by atoms with van der Waals surface area (Å²) in [5.74, 6) is -1.70. The lowest BCUT2D eigenvalue weighted by molar-refractivity contribution is -0.139. The first kappa shape index (κ1) is 14.9. The maximum absolute atomic E-state index is 11.3. The molecule has 1 unspecified atom stereocenters. The van der Waals surface area contributed by atoms with E-state index >= 15 is 0 Å². The van der Waals surface area contributed by atoms with Crippen molar-refractivity contribution in [3.05, 3.63) is 45.5 Å². The Morgan fingerprint density at radius 2 is 2.14 bits per heavy atom. The van der Waals surface area contributed by atoms with Gasteiger partial charge in [0.15, 0.2) is 0 Å². The van der Waals surface area contributed by atoms with Crippen molar-refractivity contribution in [1.82, 2.24) is 0 Å². The summed E-state index contributed by atoms with van der Waals surface area (Å²) >= 11 is 3.15. The monoisotopic (exact) mass is 330 g/mol. The third-order valence-electron chi connectivity index (χ3n) is 3.65. The molecule has 0 radical (unpaired) electrons. The Balaban J connectivity index is 2.07. The van der Waals surface area contributed by atoms with Gasteiger partial charge >= 0.3 is 5.97 Å². The minimum absolute atomic E-state index is 0.0126. The van der Waals surface area contributed by atoms with E-state index in [1.54, 1.807) is 11.3 Å². The fourth-order valence-corrected chi connectivity index (χ4v) is 4.72. The number of carboxylic acids is 1. The van der Waals surface area contributed by atoms with E-state index in [2.05, 4.69) is 19.1 Å². The molecule has 0 fully saturated rings. The lowest BCUT2D eigenvalue weighted by Crippen LogP contribution is -2.10. The van der Waals surface area contributed by atoms with Crippen molar-refractivity contribution in [2.75, 3.05) is 0 Å². The first-order chi connectivity index (χ1) is 10.6. The minimum Gasteiger partial charge on any atom is -0.481 e. The van der Waals surface area contributed by atoms with E-state index in [0.29, 0.717) is 6.29 Å². The highest BCUT2D eigenvalue weighted by atomic mass is 32.1. The van der Waals surface area contributed by atoms with E-state index in [4.69, 9.17) is 0 Å². The van der Waals surface area contributed by atoms with Crippen molar-refractivity contribution >= 4 is 45.0 Å². The molecule has 1 aromatic carbocycles. The Hall–Kier alpha value is -1.98. The fourth-order valence-electron chi connectivity index (χ4n) is 2.63. The SMILES string of the molecule is Cc1sc2ccccc2c1-c1csc(C(CC=O)C(=O)O)c1. The molecule has 2 aromatic heterocycles. The lowest BCUT2D eigenvalue weighted by atomic mass is 10.0. The molecule has 1 N–H and O–H groups in total. The predicted molar refractivity (Wildman–Crippen MR) is 90.9 cm³/mol. The number of carbonyl (C=O) groups is 2. The summed E-state index contributed by atoms with van der Waals surface area (Å²) in [6.45, 7) is 2.08. The maximum Gasteiger partial charge on any atom is 0.312 e. The number of benzene rings is 1. The molecule has 0 spiro atoms. The molecule has 2 heterocycles. The van der Waals surface area contributed by atoms with Crippen LogP contribution in [0.3, 0.4) is 0 Å². The van der Waals surface area contributed by atoms with Gasteiger partial charge in [-0.25, -0.2) is 0 Å². The van der Waals surface area contributed by atoms with Crippen LogP contribution < -0.4 is 0 Å². The number of thiophene rings is 2. The molecule has 22 heavy (non-hydrogen) atoms. The molecule has 0 saturated carbocycles. The van der Waals surface area contributed by atoms with E-state index in [9.17, 15) is 14.7 Å². The quantitative estimate of drug-likeness (QED) is 0.690. The standard InChI is InChI=1S/C17H14O3S2/c1-10-16(12-4-2-3-5-14(12)22-10)11-8-15(21-9-11)13(6-7-18)17(19)20/h2-5,7-9,13H,6H2,1H3,(H,19,20). The van der Waals surface area contributed by atoms with E-state index in [1.165, 1.54) is 31.9 Å². The Morgan fingerprint density at radius 3 is 2.86 bits per heavy atom. The molecule has 0 saturated heterocycles. The largest absolute Gasteiger partial charge is 0.481 e. The topological polar surface area (TPSA) is 54.4 Å².